The topological polar surface area (TPSA) is 54.0 Å². The van der Waals surface area contributed by atoms with E-state index in [9.17, 15) is 18.0 Å². The van der Waals surface area contributed by atoms with Crippen molar-refractivity contribution in [1.82, 2.24) is 4.98 Å². The Balaban J connectivity index is 1.69. The SMILES string of the molecule is O=C(Nc1ccc(F)c(F)c1)c1ccc(Nc2ccc(F)c(Cl)c2)cn1. The van der Waals surface area contributed by atoms with Crippen molar-refractivity contribution >= 4 is 34.6 Å². The summed E-state index contributed by atoms with van der Waals surface area (Å²) in [5.74, 6) is -3.17. The molecule has 2 aromatic carbocycles. The highest BCUT2D eigenvalue weighted by atomic mass is 35.5. The van der Waals surface area contributed by atoms with Crippen LogP contribution < -0.4 is 10.6 Å². The molecule has 0 saturated carbocycles. The quantitative estimate of drug-likeness (QED) is 0.661. The summed E-state index contributed by atoms with van der Waals surface area (Å²) in [7, 11) is 0. The van der Waals surface area contributed by atoms with Gasteiger partial charge in [0.05, 0.1) is 16.9 Å². The van der Waals surface area contributed by atoms with Gasteiger partial charge in [-0.2, -0.15) is 0 Å². The van der Waals surface area contributed by atoms with Crippen molar-refractivity contribution in [3.05, 3.63) is 82.9 Å². The predicted octanol–water partition coefficient (Wildman–Crippen LogP) is 5.15. The molecule has 0 spiro atoms. The van der Waals surface area contributed by atoms with Gasteiger partial charge in [-0.05, 0) is 42.5 Å². The number of carbonyl (C=O) groups excluding carboxylic acids is 1. The third kappa shape index (κ3) is 4.12. The smallest absolute Gasteiger partial charge is 0.274 e. The lowest BCUT2D eigenvalue weighted by molar-refractivity contribution is 0.102. The molecule has 0 fully saturated rings. The zero-order chi connectivity index (χ0) is 18.7. The van der Waals surface area contributed by atoms with Crippen molar-refractivity contribution in [2.75, 3.05) is 10.6 Å². The van der Waals surface area contributed by atoms with E-state index < -0.39 is 23.4 Å². The van der Waals surface area contributed by atoms with E-state index in [0.717, 1.165) is 12.1 Å². The third-order valence-electron chi connectivity index (χ3n) is 3.38. The zero-order valence-electron chi connectivity index (χ0n) is 13.1. The second-order valence-electron chi connectivity index (χ2n) is 5.27. The molecule has 0 bridgehead atoms. The number of halogens is 4. The molecule has 1 aromatic heterocycles. The highest BCUT2D eigenvalue weighted by Gasteiger charge is 2.10. The number of pyridine rings is 1. The molecule has 0 aliphatic heterocycles. The van der Waals surface area contributed by atoms with Crippen molar-refractivity contribution in [3.8, 4) is 0 Å². The van der Waals surface area contributed by atoms with Crippen LogP contribution in [0, 0.1) is 17.5 Å². The maximum Gasteiger partial charge on any atom is 0.274 e. The molecule has 4 nitrogen and oxygen atoms in total. The Morgan fingerprint density at radius 2 is 1.54 bits per heavy atom. The number of aromatic nitrogens is 1. The molecule has 0 saturated heterocycles. The summed E-state index contributed by atoms with van der Waals surface area (Å²) in [6.45, 7) is 0. The number of amides is 1. The van der Waals surface area contributed by atoms with Crippen LogP contribution in [0.2, 0.25) is 5.02 Å². The molecular weight excluding hydrogens is 367 g/mol. The maximum atomic E-state index is 13.2. The summed E-state index contributed by atoms with van der Waals surface area (Å²) < 4.78 is 39.2. The first-order valence-electron chi connectivity index (χ1n) is 7.37. The fourth-order valence-electron chi connectivity index (χ4n) is 2.11. The van der Waals surface area contributed by atoms with Gasteiger partial charge in [0.25, 0.3) is 5.91 Å². The third-order valence-corrected chi connectivity index (χ3v) is 3.67. The van der Waals surface area contributed by atoms with Gasteiger partial charge in [-0.3, -0.25) is 4.79 Å². The molecule has 1 amide bonds. The second kappa shape index (κ2) is 7.45. The molecule has 8 heteroatoms. The van der Waals surface area contributed by atoms with Gasteiger partial charge in [-0.15, -0.1) is 0 Å². The number of benzene rings is 2. The average molecular weight is 378 g/mol. The van der Waals surface area contributed by atoms with E-state index in [1.54, 1.807) is 6.07 Å². The Labute approximate surface area is 151 Å². The normalized spacial score (nSPS) is 10.5. The molecule has 0 radical (unpaired) electrons. The lowest BCUT2D eigenvalue weighted by atomic mass is 10.2. The number of carbonyl (C=O) groups is 1. The summed E-state index contributed by atoms with van der Waals surface area (Å²) in [6, 6.07) is 10.2. The summed E-state index contributed by atoms with van der Waals surface area (Å²) in [6.07, 6.45) is 1.40. The van der Waals surface area contributed by atoms with Crippen molar-refractivity contribution in [2.24, 2.45) is 0 Å². The highest BCUT2D eigenvalue weighted by molar-refractivity contribution is 6.31. The monoisotopic (exact) mass is 377 g/mol. The van der Waals surface area contributed by atoms with Crippen LogP contribution >= 0.6 is 11.6 Å². The van der Waals surface area contributed by atoms with E-state index >= 15 is 0 Å². The first-order chi connectivity index (χ1) is 12.4. The van der Waals surface area contributed by atoms with Crippen molar-refractivity contribution in [3.63, 3.8) is 0 Å². The minimum atomic E-state index is -1.06. The lowest BCUT2D eigenvalue weighted by Gasteiger charge is -2.08. The number of nitrogens with zero attached hydrogens (tertiary/aromatic N) is 1. The minimum Gasteiger partial charge on any atom is -0.354 e. The lowest BCUT2D eigenvalue weighted by Crippen LogP contribution is -2.13. The summed E-state index contributed by atoms with van der Waals surface area (Å²) in [5.41, 5.74) is 1.30. The van der Waals surface area contributed by atoms with Crippen LogP contribution in [-0.2, 0) is 0 Å². The van der Waals surface area contributed by atoms with Crippen molar-refractivity contribution in [2.45, 2.75) is 0 Å². The maximum absolute atomic E-state index is 13.2. The van der Waals surface area contributed by atoms with Crippen LogP contribution in [0.5, 0.6) is 0 Å². The van der Waals surface area contributed by atoms with E-state index in [1.165, 1.54) is 36.5 Å². The van der Waals surface area contributed by atoms with Gasteiger partial charge in [-0.25, -0.2) is 18.2 Å². The molecule has 0 aliphatic carbocycles. The first-order valence-corrected chi connectivity index (χ1v) is 7.75. The Morgan fingerprint density at radius 3 is 2.19 bits per heavy atom. The van der Waals surface area contributed by atoms with Crippen LogP contribution in [0.3, 0.4) is 0 Å². The summed E-state index contributed by atoms with van der Waals surface area (Å²) in [5, 5.41) is 5.36. The molecule has 1 heterocycles. The van der Waals surface area contributed by atoms with Crippen LogP contribution in [0.1, 0.15) is 10.5 Å². The van der Waals surface area contributed by atoms with Crippen molar-refractivity contribution in [1.29, 1.82) is 0 Å². The molecule has 132 valence electrons. The number of anilines is 3. The second-order valence-corrected chi connectivity index (χ2v) is 5.68. The Bertz CT molecular complexity index is 964. The number of hydrogen-bond donors (Lipinski definition) is 2. The van der Waals surface area contributed by atoms with E-state index in [1.807, 2.05) is 0 Å². The van der Waals surface area contributed by atoms with Crippen LogP contribution in [-0.4, -0.2) is 10.9 Å². The Morgan fingerprint density at radius 1 is 0.846 bits per heavy atom. The van der Waals surface area contributed by atoms with Gasteiger partial charge in [-0.1, -0.05) is 11.6 Å². The summed E-state index contributed by atoms with van der Waals surface area (Å²) >= 11 is 5.71. The predicted molar refractivity (Wildman–Crippen MR) is 93.2 cm³/mol. The molecule has 0 atom stereocenters. The van der Waals surface area contributed by atoms with Gasteiger partial charge < -0.3 is 10.6 Å². The standard InChI is InChI=1S/C18H11ClF3N3O/c19-13-7-10(1-4-14(13)20)24-12-3-6-17(23-9-12)18(26)25-11-2-5-15(21)16(22)8-11/h1-9,24H,(H,25,26). The molecule has 26 heavy (non-hydrogen) atoms. The van der Waals surface area contributed by atoms with Crippen molar-refractivity contribution < 1.29 is 18.0 Å². The fourth-order valence-corrected chi connectivity index (χ4v) is 2.29. The molecular formula is C18H11ClF3N3O. The van der Waals surface area contributed by atoms with Gasteiger partial charge in [0.15, 0.2) is 11.6 Å². The number of rotatable bonds is 4. The molecule has 3 rings (SSSR count). The molecule has 3 aromatic rings. The highest BCUT2D eigenvalue weighted by Crippen LogP contribution is 2.22. The molecule has 0 aliphatic rings. The average Bonchev–Trinajstić information content (AvgIpc) is 2.62. The Kier molecular flexibility index (Phi) is 5.09. The number of hydrogen-bond acceptors (Lipinski definition) is 3. The number of nitrogens with one attached hydrogen (secondary N) is 2. The summed E-state index contributed by atoms with van der Waals surface area (Å²) in [4.78, 5) is 16.1. The van der Waals surface area contributed by atoms with Gasteiger partial charge >= 0.3 is 0 Å². The van der Waals surface area contributed by atoms with E-state index in [4.69, 9.17) is 11.6 Å². The van der Waals surface area contributed by atoms with E-state index in [2.05, 4.69) is 15.6 Å². The van der Waals surface area contributed by atoms with Gasteiger partial charge in [0, 0.05) is 17.4 Å². The van der Waals surface area contributed by atoms with Crippen LogP contribution in [0.25, 0.3) is 0 Å². The van der Waals surface area contributed by atoms with E-state index in [-0.39, 0.29) is 16.4 Å². The first kappa shape index (κ1) is 17.8. The minimum absolute atomic E-state index is 0.0227. The van der Waals surface area contributed by atoms with Gasteiger partial charge in [0.1, 0.15) is 11.5 Å². The molecule has 0 unspecified atom stereocenters. The van der Waals surface area contributed by atoms with Crippen LogP contribution in [0.15, 0.2) is 54.7 Å². The molecule has 2 N–H and O–H groups in total. The van der Waals surface area contributed by atoms with Crippen LogP contribution in [0.4, 0.5) is 30.2 Å². The zero-order valence-corrected chi connectivity index (χ0v) is 13.8. The largest absolute Gasteiger partial charge is 0.354 e. The Hall–Kier alpha value is -3.06. The van der Waals surface area contributed by atoms with Gasteiger partial charge in [0.2, 0.25) is 0 Å². The van der Waals surface area contributed by atoms with E-state index in [0.29, 0.717) is 11.4 Å². The fraction of sp³-hybridized carbons (Fsp3) is 0.